The highest BCUT2D eigenvalue weighted by atomic mass is 35.5. The van der Waals surface area contributed by atoms with Crippen molar-refractivity contribution in [2.75, 3.05) is 19.6 Å². The van der Waals surface area contributed by atoms with Crippen molar-refractivity contribution in [2.45, 2.75) is 13.8 Å². The Morgan fingerprint density at radius 1 is 1.64 bits per heavy atom. The first-order chi connectivity index (χ1) is 6.54. The summed E-state index contributed by atoms with van der Waals surface area (Å²) in [4.78, 5) is 13.0. The van der Waals surface area contributed by atoms with Crippen molar-refractivity contribution in [2.24, 2.45) is 11.8 Å². The summed E-state index contributed by atoms with van der Waals surface area (Å²) in [6.45, 7) is 6.19. The third kappa shape index (κ3) is 2.72. The fourth-order valence-electron chi connectivity index (χ4n) is 1.90. The lowest BCUT2D eigenvalue weighted by molar-refractivity contribution is -0.142. The van der Waals surface area contributed by atoms with E-state index in [4.69, 9.17) is 16.7 Å². The van der Waals surface area contributed by atoms with Gasteiger partial charge in [-0.1, -0.05) is 18.5 Å². The van der Waals surface area contributed by atoms with E-state index in [1.54, 1.807) is 5.54 Å². The van der Waals surface area contributed by atoms with E-state index in [0.717, 1.165) is 18.7 Å². The number of nitrogens with zero attached hydrogens (tertiary/aromatic N) is 1. The predicted octanol–water partition coefficient (Wildman–Crippen LogP) is 1.78. The molecule has 2 unspecified atom stereocenters. The van der Waals surface area contributed by atoms with Gasteiger partial charge in [-0.3, -0.25) is 9.69 Å². The molecule has 3 nitrogen and oxygen atoms in total. The Balaban J connectivity index is 2.51. The Morgan fingerprint density at radius 2 is 2.29 bits per heavy atom. The van der Waals surface area contributed by atoms with Crippen LogP contribution in [0, 0.1) is 11.8 Å². The first kappa shape index (κ1) is 11.5. The van der Waals surface area contributed by atoms with Crippen molar-refractivity contribution in [3.63, 3.8) is 0 Å². The van der Waals surface area contributed by atoms with Crippen LogP contribution in [0.5, 0.6) is 0 Å². The van der Waals surface area contributed by atoms with Gasteiger partial charge in [0.2, 0.25) is 0 Å². The molecule has 1 saturated heterocycles. The second kappa shape index (κ2) is 4.80. The molecule has 1 fully saturated rings. The van der Waals surface area contributed by atoms with Gasteiger partial charge in [0.05, 0.1) is 5.92 Å². The SMILES string of the molecule is CC(=CCl)CN1CC(C)C(C(=O)O)C1. The zero-order chi connectivity index (χ0) is 10.7. The Kier molecular flexibility index (Phi) is 3.96. The first-order valence-corrected chi connectivity index (χ1v) is 5.19. The monoisotopic (exact) mass is 217 g/mol. The summed E-state index contributed by atoms with van der Waals surface area (Å²) in [6, 6.07) is 0. The maximum atomic E-state index is 10.8. The summed E-state index contributed by atoms with van der Waals surface area (Å²) in [5.41, 5.74) is 2.63. The molecule has 1 N–H and O–H groups in total. The van der Waals surface area contributed by atoms with Crippen LogP contribution in [-0.2, 0) is 4.79 Å². The summed E-state index contributed by atoms with van der Waals surface area (Å²) in [5.74, 6) is -0.679. The number of carboxylic acid groups (broad SMARTS) is 1. The Labute approximate surface area is 89.3 Å². The molecule has 1 aliphatic rings. The van der Waals surface area contributed by atoms with Gasteiger partial charge in [-0.05, 0) is 18.4 Å². The third-order valence-corrected chi connectivity index (χ3v) is 3.04. The van der Waals surface area contributed by atoms with Crippen LogP contribution in [-0.4, -0.2) is 35.6 Å². The summed E-state index contributed by atoms with van der Waals surface area (Å²) in [5, 5.41) is 8.93. The van der Waals surface area contributed by atoms with Gasteiger partial charge in [0.25, 0.3) is 0 Å². The van der Waals surface area contributed by atoms with Crippen molar-refractivity contribution in [3.8, 4) is 0 Å². The Morgan fingerprint density at radius 3 is 2.71 bits per heavy atom. The smallest absolute Gasteiger partial charge is 0.308 e. The molecule has 0 saturated carbocycles. The number of rotatable bonds is 3. The zero-order valence-electron chi connectivity index (χ0n) is 8.53. The molecule has 1 rings (SSSR count). The minimum absolute atomic E-state index is 0.224. The molecule has 0 amide bonds. The van der Waals surface area contributed by atoms with E-state index < -0.39 is 5.97 Å². The number of hydrogen-bond acceptors (Lipinski definition) is 2. The average molecular weight is 218 g/mol. The molecular formula is C10H16ClNO2. The molecule has 0 aromatic rings. The highest BCUT2D eigenvalue weighted by Crippen LogP contribution is 2.23. The fourth-order valence-corrected chi connectivity index (χ4v) is 1.97. The largest absolute Gasteiger partial charge is 0.481 e. The maximum Gasteiger partial charge on any atom is 0.308 e. The van der Waals surface area contributed by atoms with Gasteiger partial charge < -0.3 is 5.11 Å². The van der Waals surface area contributed by atoms with Gasteiger partial charge in [-0.15, -0.1) is 0 Å². The van der Waals surface area contributed by atoms with Crippen molar-refractivity contribution in [1.29, 1.82) is 0 Å². The van der Waals surface area contributed by atoms with Crippen LogP contribution in [0.4, 0.5) is 0 Å². The highest BCUT2D eigenvalue weighted by molar-refractivity contribution is 6.25. The van der Waals surface area contributed by atoms with Crippen molar-refractivity contribution in [3.05, 3.63) is 11.1 Å². The van der Waals surface area contributed by atoms with Crippen LogP contribution in [0.2, 0.25) is 0 Å². The Hall–Kier alpha value is -0.540. The van der Waals surface area contributed by atoms with Crippen LogP contribution < -0.4 is 0 Å². The number of halogens is 1. The van der Waals surface area contributed by atoms with Gasteiger partial charge in [0.15, 0.2) is 0 Å². The molecular weight excluding hydrogens is 202 g/mol. The van der Waals surface area contributed by atoms with Gasteiger partial charge in [0.1, 0.15) is 0 Å². The third-order valence-electron chi connectivity index (χ3n) is 2.66. The van der Waals surface area contributed by atoms with E-state index in [2.05, 4.69) is 4.90 Å². The number of likely N-dealkylation sites (tertiary alicyclic amines) is 1. The number of carbonyl (C=O) groups is 1. The van der Waals surface area contributed by atoms with Crippen LogP contribution >= 0.6 is 11.6 Å². The lowest BCUT2D eigenvalue weighted by Crippen LogP contribution is -2.24. The molecule has 1 aliphatic heterocycles. The molecule has 0 bridgehead atoms. The molecule has 14 heavy (non-hydrogen) atoms. The van der Waals surface area contributed by atoms with Crippen LogP contribution in [0.15, 0.2) is 11.1 Å². The van der Waals surface area contributed by atoms with E-state index in [1.165, 1.54) is 0 Å². The van der Waals surface area contributed by atoms with Crippen LogP contribution in [0.3, 0.4) is 0 Å². The quantitative estimate of drug-likeness (QED) is 0.784. The van der Waals surface area contributed by atoms with Gasteiger partial charge in [-0.25, -0.2) is 0 Å². The molecule has 0 aromatic carbocycles. The van der Waals surface area contributed by atoms with E-state index in [0.29, 0.717) is 6.54 Å². The van der Waals surface area contributed by atoms with E-state index in [1.807, 2.05) is 13.8 Å². The molecule has 80 valence electrons. The van der Waals surface area contributed by atoms with Crippen molar-refractivity contribution < 1.29 is 9.90 Å². The normalized spacial score (nSPS) is 29.5. The minimum atomic E-state index is -0.687. The second-order valence-electron chi connectivity index (χ2n) is 4.07. The summed E-state index contributed by atoms with van der Waals surface area (Å²) in [6.07, 6.45) is 0. The standard InChI is InChI=1S/C10H16ClNO2/c1-7(3-11)4-12-5-8(2)9(6-12)10(13)14/h3,8-9H,4-6H2,1-2H3,(H,13,14). The van der Waals surface area contributed by atoms with Crippen molar-refractivity contribution >= 4 is 17.6 Å². The summed E-state index contributed by atoms with van der Waals surface area (Å²) in [7, 11) is 0. The first-order valence-electron chi connectivity index (χ1n) is 4.75. The molecule has 0 aliphatic carbocycles. The zero-order valence-corrected chi connectivity index (χ0v) is 9.29. The lowest BCUT2D eigenvalue weighted by Gasteiger charge is -2.14. The van der Waals surface area contributed by atoms with E-state index >= 15 is 0 Å². The molecule has 1 heterocycles. The van der Waals surface area contributed by atoms with Crippen LogP contribution in [0.1, 0.15) is 13.8 Å². The average Bonchev–Trinajstić information content (AvgIpc) is 2.46. The molecule has 0 radical (unpaired) electrons. The predicted molar refractivity (Wildman–Crippen MR) is 56.3 cm³/mol. The van der Waals surface area contributed by atoms with Gasteiger partial charge >= 0.3 is 5.97 Å². The van der Waals surface area contributed by atoms with E-state index in [-0.39, 0.29) is 11.8 Å². The highest BCUT2D eigenvalue weighted by Gasteiger charge is 2.34. The minimum Gasteiger partial charge on any atom is -0.481 e. The second-order valence-corrected chi connectivity index (χ2v) is 4.29. The number of hydrogen-bond donors (Lipinski definition) is 1. The van der Waals surface area contributed by atoms with E-state index in [9.17, 15) is 4.79 Å². The fraction of sp³-hybridized carbons (Fsp3) is 0.700. The maximum absolute atomic E-state index is 10.8. The molecule has 0 spiro atoms. The van der Waals surface area contributed by atoms with Crippen molar-refractivity contribution in [1.82, 2.24) is 4.90 Å². The molecule has 0 aromatic heterocycles. The molecule has 4 heteroatoms. The summed E-state index contributed by atoms with van der Waals surface area (Å²) < 4.78 is 0. The van der Waals surface area contributed by atoms with Gasteiger partial charge in [-0.2, -0.15) is 0 Å². The lowest BCUT2D eigenvalue weighted by atomic mass is 9.99. The number of carboxylic acids is 1. The summed E-state index contributed by atoms with van der Waals surface area (Å²) >= 11 is 5.56. The molecule has 2 atom stereocenters. The topological polar surface area (TPSA) is 40.5 Å². The Bertz CT molecular complexity index is 253. The van der Waals surface area contributed by atoms with Gasteiger partial charge in [0, 0.05) is 25.2 Å². The van der Waals surface area contributed by atoms with Crippen LogP contribution in [0.25, 0.3) is 0 Å². The number of aliphatic carboxylic acids is 1.